The Kier molecular flexibility index (Phi) is 6.92. The van der Waals surface area contributed by atoms with Crippen molar-refractivity contribution in [1.29, 1.82) is 0 Å². The molecule has 0 fully saturated rings. The molecule has 3 N–H and O–H groups in total. The zero-order valence-corrected chi connectivity index (χ0v) is 19.4. The number of unbranched alkanes of at least 4 members (excludes halogenated alkanes) is 1. The molecule has 0 aliphatic heterocycles. The zero-order chi connectivity index (χ0) is 24.1. The molecule has 0 spiro atoms. The summed E-state index contributed by atoms with van der Waals surface area (Å²) >= 11 is 0. The first-order chi connectivity index (χ1) is 16.6. The van der Waals surface area contributed by atoms with Gasteiger partial charge in [-0.05, 0) is 35.2 Å². The third-order valence-electron chi connectivity index (χ3n) is 5.92. The fourth-order valence-corrected chi connectivity index (χ4v) is 4.19. The van der Waals surface area contributed by atoms with E-state index in [4.69, 9.17) is 20.7 Å². The predicted octanol–water partition coefficient (Wildman–Crippen LogP) is 4.98. The van der Waals surface area contributed by atoms with Gasteiger partial charge in [-0.2, -0.15) is 0 Å². The van der Waals surface area contributed by atoms with E-state index in [-0.39, 0.29) is 11.8 Å². The number of rotatable bonds is 8. The van der Waals surface area contributed by atoms with Crippen LogP contribution >= 0.6 is 0 Å². The molecule has 0 amide bonds. The van der Waals surface area contributed by atoms with Crippen LogP contribution in [0.3, 0.4) is 0 Å². The maximum atomic E-state index is 12.5. The average molecular weight is 457 g/mol. The highest BCUT2D eigenvalue weighted by molar-refractivity contribution is 6.03. The number of oxime groups is 1. The predicted molar refractivity (Wildman–Crippen MR) is 133 cm³/mol. The van der Waals surface area contributed by atoms with E-state index in [0.717, 1.165) is 52.8 Å². The number of nitrogens with zero attached hydrogens (tertiary/aromatic N) is 3. The van der Waals surface area contributed by atoms with Crippen LogP contribution in [0.2, 0.25) is 0 Å². The lowest BCUT2D eigenvalue weighted by Crippen LogP contribution is -2.14. The number of aryl methyl sites for hydroxylation is 1. The van der Waals surface area contributed by atoms with Crippen molar-refractivity contribution in [3.05, 3.63) is 89.2 Å². The van der Waals surface area contributed by atoms with E-state index >= 15 is 0 Å². The summed E-state index contributed by atoms with van der Waals surface area (Å²) in [5.41, 5.74) is 11.5. The molecule has 4 rings (SSSR count). The lowest BCUT2D eigenvalue weighted by Gasteiger charge is -2.13. The maximum absolute atomic E-state index is 12.5. The quantitative estimate of drug-likeness (QED) is 0.128. The number of aromatic nitrogens is 2. The van der Waals surface area contributed by atoms with Gasteiger partial charge in [-0.25, -0.2) is 9.78 Å². The summed E-state index contributed by atoms with van der Waals surface area (Å²) < 4.78 is 7.15. The van der Waals surface area contributed by atoms with Crippen LogP contribution < -0.4 is 5.73 Å². The molecular weight excluding hydrogens is 428 g/mol. The minimum Gasteiger partial charge on any atom is -0.465 e. The van der Waals surface area contributed by atoms with Crippen LogP contribution in [0.25, 0.3) is 22.2 Å². The second kappa shape index (κ2) is 10.2. The first kappa shape index (κ1) is 23.0. The van der Waals surface area contributed by atoms with Crippen molar-refractivity contribution in [2.75, 3.05) is 7.11 Å². The van der Waals surface area contributed by atoms with Crippen molar-refractivity contribution in [2.24, 2.45) is 10.9 Å². The molecule has 174 valence electrons. The highest BCUT2D eigenvalue weighted by Gasteiger charge is 2.19. The fourth-order valence-electron chi connectivity index (χ4n) is 4.19. The highest BCUT2D eigenvalue weighted by atomic mass is 16.5. The number of hydrogen-bond acceptors (Lipinski definition) is 5. The molecule has 0 bridgehead atoms. The van der Waals surface area contributed by atoms with Gasteiger partial charge in [-0.3, -0.25) is 0 Å². The Bertz CT molecular complexity index is 1340. The smallest absolute Gasteiger partial charge is 0.340 e. The van der Waals surface area contributed by atoms with Gasteiger partial charge >= 0.3 is 5.97 Å². The average Bonchev–Trinajstić information content (AvgIpc) is 3.24. The van der Waals surface area contributed by atoms with Crippen molar-refractivity contribution >= 4 is 22.8 Å². The number of esters is 1. The van der Waals surface area contributed by atoms with Crippen LogP contribution in [0.15, 0.2) is 71.9 Å². The summed E-state index contributed by atoms with van der Waals surface area (Å²) in [5, 5.41) is 12.3. The molecule has 0 radical (unpaired) electrons. The Morgan fingerprint density at radius 2 is 1.79 bits per heavy atom. The number of para-hydroxylation sites is 1. The van der Waals surface area contributed by atoms with Gasteiger partial charge in [0.05, 0.1) is 23.7 Å². The minimum absolute atomic E-state index is 0.0699. The molecule has 3 aromatic carbocycles. The molecule has 1 heterocycles. The number of fused-ring (bicyclic) bond motifs is 1. The number of imidazole rings is 1. The van der Waals surface area contributed by atoms with Crippen molar-refractivity contribution in [3.63, 3.8) is 0 Å². The van der Waals surface area contributed by atoms with Gasteiger partial charge in [0.15, 0.2) is 5.84 Å². The molecule has 0 aliphatic rings. The van der Waals surface area contributed by atoms with Gasteiger partial charge in [-0.1, -0.05) is 73.1 Å². The summed E-state index contributed by atoms with van der Waals surface area (Å²) in [6.45, 7) is 2.73. The summed E-state index contributed by atoms with van der Waals surface area (Å²) in [7, 11) is 1.39. The molecule has 0 unspecified atom stereocenters. The number of hydrogen-bond donors (Lipinski definition) is 2. The topological polar surface area (TPSA) is 103 Å². The standard InChI is InChI=1S/C27H28N4O3/c1-3-4-12-24-29-23-11-7-10-22(27(32)34-2)25(23)31(24)17-18-13-15-19(16-14-18)20-8-5-6-9-21(20)26(28)30-33/h5-11,13-16,33H,3-4,12,17H2,1-2H3,(H2,28,30). The lowest BCUT2D eigenvalue weighted by molar-refractivity contribution is 0.0602. The van der Waals surface area contributed by atoms with E-state index in [9.17, 15) is 4.79 Å². The first-order valence-electron chi connectivity index (χ1n) is 11.3. The van der Waals surface area contributed by atoms with Gasteiger partial charge in [0, 0.05) is 18.5 Å². The van der Waals surface area contributed by atoms with Crippen molar-refractivity contribution in [1.82, 2.24) is 9.55 Å². The number of carbonyl (C=O) groups excluding carboxylic acids is 1. The number of nitrogens with two attached hydrogens (primary N) is 1. The lowest BCUT2D eigenvalue weighted by atomic mass is 9.98. The molecule has 0 saturated carbocycles. The van der Waals surface area contributed by atoms with E-state index in [1.807, 2.05) is 48.5 Å². The van der Waals surface area contributed by atoms with Crippen LogP contribution in [0.5, 0.6) is 0 Å². The zero-order valence-electron chi connectivity index (χ0n) is 19.4. The van der Waals surface area contributed by atoms with Gasteiger partial charge in [-0.15, -0.1) is 0 Å². The molecule has 0 saturated heterocycles. The molecule has 0 aliphatic carbocycles. The van der Waals surface area contributed by atoms with E-state index in [0.29, 0.717) is 17.7 Å². The fraction of sp³-hybridized carbons (Fsp3) is 0.222. The Labute approximate surface area is 198 Å². The summed E-state index contributed by atoms with van der Waals surface area (Å²) in [6, 6.07) is 21.2. The molecule has 7 heteroatoms. The normalized spacial score (nSPS) is 11.6. The Morgan fingerprint density at radius 3 is 2.50 bits per heavy atom. The van der Waals surface area contributed by atoms with E-state index < -0.39 is 0 Å². The van der Waals surface area contributed by atoms with Crippen molar-refractivity contribution in [3.8, 4) is 11.1 Å². The van der Waals surface area contributed by atoms with Gasteiger partial charge in [0.1, 0.15) is 5.82 Å². The number of carbonyl (C=O) groups is 1. The van der Waals surface area contributed by atoms with Crippen molar-refractivity contribution < 1.29 is 14.7 Å². The van der Waals surface area contributed by atoms with Crippen LogP contribution in [0.4, 0.5) is 0 Å². The van der Waals surface area contributed by atoms with E-state index in [1.165, 1.54) is 7.11 Å². The first-order valence-corrected chi connectivity index (χ1v) is 11.3. The Hall–Kier alpha value is -4.13. The molecule has 1 aromatic heterocycles. The second-order valence-electron chi connectivity index (χ2n) is 8.11. The minimum atomic E-state index is -0.371. The second-order valence-corrected chi connectivity index (χ2v) is 8.11. The summed E-state index contributed by atoms with van der Waals surface area (Å²) in [6.07, 6.45) is 2.90. The summed E-state index contributed by atoms with van der Waals surface area (Å²) in [5.74, 6) is 0.652. The van der Waals surface area contributed by atoms with Crippen molar-refractivity contribution in [2.45, 2.75) is 32.7 Å². The van der Waals surface area contributed by atoms with Crippen LogP contribution in [0, 0.1) is 0 Å². The number of ether oxygens (including phenoxy) is 1. The SMILES string of the molecule is CCCCc1nc2cccc(C(=O)OC)c2n1Cc1ccc(-c2ccccc2C(N)=NO)cc1. The number of benzene rings is 3. The third-order valence-corrected chi connectivity index (χ3v) is 5.92. The Balaban J connectivity index is 1.74. The van der Waals surface area contributed by atoms with Gasteiger partial charge < -0.3 is 20.2 Å². The number of amidine groups is 1. The van der Waals surface area contributed by atoms with Crippen LogP contribution in [-0.4, -0.2) is 33.7 Å². The molecule has 4 aromatic rings. The number of methoxy groups -OCH3 is 1. The van der Waals surface area contributed by atoms with E-state index in [2.05, 4.69) is 28.8 Å². The highest BCUT2D eigenvalue weighted by Crippen LogP contribution is 2.27. The largest absolute Gasteiger partial charge is 0.465 e. The molecule has 7 nitrogen and oxygen atoms in total. The molecule has 0 atom stereocenters. The third kappa shape index (κ3) is 4.50. The monoisotopic (exact) mass is 456 g/mol. The maximum Gasteiger partial charge on any atom is 0.340 e. The van der Waals surface area contributed by atoms with Gasteiger partial charge in [0.2, 0.25) is 0 Å². The molecule has 34 heavy (non-hydrogen) atoms. The van der Waals surface area contributed by atoms with E-state index in [1.54, 1.807) is 6.07 Å². The van der Waals surface area contributed by atoms with Crippen LogP contribution in [0.1, 0.15) is 47.1 Å². The summed E-state index contributed by atoms with van der Waals surface area (Å²) in [4.78, 5) is 17.3. The van der Waals surface area contributed by atoms with Gasteiger partial charge in [0.25, 0.3) is 0 Å². The van der Waals surface area contributed by atoms with Crippen LogP contribution in [-0.2, 0) is 17.7 Å². The Morgan fingerprint density at radius 1 is 1.06 bits per heavy atom. The molecular formula is C27H28N4O3.